The summed E-state index contributed by atoms with van der Waals surface area (Å²) >= 11 is 0. The Labute approximate surface area is 186 Å². The van der Waals surface area contributed by atoms with E-state index in [0.29, 0.717) is 0 Å². The van der Waals surface area contributed by atoms with E-state index in [1.165, 1.54) is 55.2 Å². The summed E-state index contributed by atoms with van der Waals surface area (Å²) in [7, 11) is 2.15. The zero-order chi connectivity index (χ0) is 21.2. The molecular formula is C29H21N3. The molecule has 0 atom stereocenters. The van der Waals surface area contributed by atoms with E-state index < -0.39 is 0 Å². The van der Waals surface area contributed by atoms with Crippen LogP contribution in [0.1, 0.15) is 28.7 Å². The molecule has 2 aliphatic rings. The second-order valence-electron chi connectivity index (χ2n) is 8.72. The van der Waals surface area contributed by atoms with Crippen LogP contribution in [0.3, 0.4) is 0 Å². The van der Waals surface area contributed by atoms with Gasteiger partial charge in [-0.05, 0) is 34.7 Å². The van der Waals surface area contributed by atoms with Gasteiger partial charge in [0, 0.05) is 40.9 Å². The highest BCUT2D eigenvalue weighted by Gasteiger charge is 2.26. The molecule has 0 N–H and O–H groups in total. The molecule has 3 heteroatoms. The number of nitrogens with zero attached hydrogens (tertiary/aromatic N) is 3. The Hall–Kier alpha value is -3.98. The lowest BCUT2D eigenvalue weighted by Crippen LogP contribution is -2.08. The molecular weight excluding hydrogens is 390 g/mol. The molecule has 0 bridgehead atoms. The van der Waals surface area contributed by atoms with Crippen molar-refractivity contribution in [3.05, 3.63) is 107 Å². The van der Waals surface area contributed by atoms with Crippen LogP contribution < -0.4 is 0 Å². The number of fused-ring (bicyclic) bond motifs is 6. The Morgan fingerprint density at radius 3 is 2.19 bits per heavy atom. The first kappa shape index (κ1) is 17.7. The number of para-hydroxylation sites is 2. The summed E-state index contributed by atoms with van der Waals surface area (Å²) in [6.45, 7) is 0. The lowest BCUT2D eigenvalue weighted by Gasteiger charge is -2.10. The molecule has 0 spiro atoms. The predicted octanol–water partition coefficient (Wildman–Crippen LogP) is 6.50. The van der Waals surface area contributed by atoms with E-state index in [-0.39, 0.29) is 0 Å². The van der Waals surface area contributed by atoms with Crippen LogP contribution in [-0.4, -0.2) is 16.0 Å². The molecule has 1 aromatic heterocycles. The topological polar surface area (TPSA) is 29.6 Å². The third-order valence-corrected chi connectivity index (χ3v) is 6.99. The van der Waals surface area contributed by atoms with Gasteiger partial charge in [0.25, 0.3) is 0 Å². The molecule has 1 aliphatic carbocycles. The minimum Gasteiger partial charge on any atom is -0.343 e. The van der Waals surface area contributed by atoms with Crippen LogP contribution in [0.4, 0.5) is 0 Å². The molecule has 2 heterocycles. The van der Waals surface area contributed by atoms with Crippen LogP contribution in [-0.2, 0) is 13.5 Å². The first-order valence-electron chi connectivity index (χ1n) is 11.1. The fourth-order valence-corrected chi connectivity index (χ4v) is 5.55. The molecule has 0 unspecified atom stereocenters. The average Bonchev–Trinajstić information content (AvgIpc) is 3.54. The van der Waals surface area contributed by atoms with Gasteiger partial charge in [-0.15, -0.1) is 0 Å². The normalized spacial score (nSPS) is 14.5. The predicted molar refractivity (Wildman–Crippen MR) is 133 cm³/mol. The number of aryl methyl sites for hydroxylation is 1. The molecule has 5 aromatic rings. The Bertz CT molecular complexity index is 1630. The van der Waals surface area contributed by atoms with Crippen LogP contribution >= 0.6 is 0 Å². The standard InChI is InChI=1S/C29H21N3/c1-32-27-15-5-4-11-21(27)22-12-7-14-24(29(22)32)26-17-25(30-31-26)23-13-6-9-19-16-18-8-2-3-10-20(18)28(19)23/h2-15H,16-17H2,1H3. The lowest BCUT2D eigenvalue weighted by molar-refractivity contribution is 1.01. The zero-order valence-corrected chi connectivity index (χ0v) is 17.8. The largest absolute Gasteiger partial charge is 0.343 e. The van der Waals surface area contributed by atoms with Gasteiger partial charge in [0.15, 0.2) is 0 Å². The van der Waals surface area contributed by atoms with Gasteiger partial charge >= 0.3 is 0 Å². The summed E-state index contributed by atoms with van der Waals surface area (Å²) in [5, 5.41) is 11.9. The van der Waals surface area contributed by atoms with E-state index in [0.717, 1.165) is 24.3 Å². The van der Waals surface area contributed by atoms with Gasteiger partial charge in [0.2, 0.25) is 0 Å². The van der Waals surface area contributed by atoms with Crippen LogP contribution in [0, 0.1) is 0 Å². The van der Waals surface area contributed by atoms with Crippen LogP contribution in [0.2, 0.25) is 0 Å². The maximum atomic E-state index is 4.70. The van der Waals surface area contributed by atoms with Gasteiger partial charge in [0.05, 0.1) is 16.9 Å². The van der Waals surface area contributed by atoms with Crippen molar-refractivity contribution in [1.82, 2.24) is 4.57 Å². The highest BCUT2D eigenvalue weighted by molar-refractivity contribution is 6.26. The number of aromatic nitrogens is 1. The monoisotopic (exact) mass is 411 g/mol. The number of hydrogen-bond acceptors (Lipinski definition) is 2. The summed E-state index contributed by atoms with van der Waals surface area (Å²) in [5.41, 5.74) is 12.4. The van der Waals surface area contributed by atoms with Crippen LogP contribution in [0.5, 0.6) is 0 Å². The Morgan fingerprint density at radius 2 is 1.25 bits per heavy atom. The maximum absolute atomic E-state index is 4.70. The summed E-state index contributed by atoms with van der Waals surface area (Å²) < 4.78 is 2.29. The van der Waals surface area contributed by atoms with Gasteiger partial charge in [-0.1, -0.05) is 78.9 Å². The molecule has 32 heavy (non-hydrogen) atoms. The Kier molecular flexibility index (Phi) is 3.59. The fourth-order valence-electron chi connectivity index (χ4n) is 5.55. The summed E-state index contributed by atoms with van der Waals surface area (Å²) in [6, 6.07) is 30.5. The van der Waals surface area contributed by atoms with Crippen molar-refractivity contribution >= 4 is 33.2 Å². The molecule has 7 rings (SSSR count). The molecule has 0 saturated carbocycles. The molecule has 0 fully saturated rings. The highest BCUT2D eigenvalue weighted by Crippen LogP contribution is 2.40. The summed E-state index contributed by atoms with van der Waals surface area (Å²) in [4.78, 5) is 0. The van der Waals surface area contributed by atoms with Crippen LogP contribution in [0.15, 0.2) is 95.1 Å². The SMILES string of the molecule is Cn1c2ccccc2c2cccc(C3=NN=C(c4cccc5c4-c4ccccc4C5)C3)c21. The van der Waals surface area contributed by atoms with Crippen molar-refractivity contribution in [2.75, 3.05) is 0 Å². The number of rotatable bonds is 2. The van der Waals surface area contributed by atoms with Crippen LogP contribution in [0.25, 0.3) is 32.9 Å². The van der Waals surface area contributed by atoms with E-state index in [1.807, 2.05) is 0 Å². The quantitative estimate of drug-likeness (QED) is 0.311. The van der Waals surface area contributed by atoms with Gasteiger partial charge in [-0.3, -0.25) is 0 Å². The van der Waals surface area contributed by atoms with E-state index in [1.54, 1.807) is 0 Å². The molecule has 3 nitrogen and oxygen atoms in total. The second-order valence-corrected chi connectivity index (χ2v) is 8.72. The smallest absolute Gasteiger partial charge is 0.0784 e. The van der Waals surface area contributed by atoms with Crippen molar-refractivity contribution < 1.29 is 0 Å². The van der Waals surface area contributed by atoms with Crippen molar-refractivity contribution in [2.24, 2.45) is 17.3 Å². The average molecular weight is 412 g/mol. The van der Waals surface area contributed by atoms with Gasteiger partial charge in [-0.25, -0.2) is 0 Å². The third kappa shape index (κ3) is 2.36. The molecule has 0 amide bonds. The number of benzene rings is 4. The summed E-state index contributed by atoms with van der Waals surface area (Å²) in [5.74, 6) is 0. The van der Waals surface area contributed by atoms with Crippen molar-refractivity contribution in [3.8, 4) is 11.1 Å². The van der Waals surface area contributed by atoms with E-state index in [4.69, 9.17) is 10.2 Å². The van der Waals surface area contributed by atoms with Crippen molar-refractivity contribution in [2.45, 2.75) is 12.8 Å². The van der Waals surface area contributed by atoms with Gasteiger partial charge in [0.1, 0.15) is 0 Å². The highest BCUT2D eigenvalue weighted by atomic mass is 15.2. The minimum atomic E-state index is 0.749. The van der Waals surface area contributed by atoms with Gasteiger partial charge in [-0.2, -0.15) is 10.2 Å². The van der Waals surface area contributed by atoms with E-state index >= 15 is 0 Å². The summed E-state index contributed by atoms with van der Waals surface area (Å²) in [6.07, 6.45) is 1.74. The molecule has 4 aromatic carbocycles. The first-order valence-corrected chi connectivity index (χ1v) is 11.1. The fraction of sp³-hybridized carbons (Fsp3) is 0.103. The van der Waals surface area contributed by atoms with Crippen molar-refractivity contribution in [1.29, 1.82) is 0 Å². The second kappa shape index (κ2) is 6.51. The minimum absolute atomic E-state index is 0.749. The zero-order valence-electron chi connectivity index (χ0n) is 17.8. The molecule has 152 valence electrons. The molecule has 0 saturated heterocycles. The number of hydrogen-bond donors (Lipinski definition) is 0. The van der Waals surface area contributed by atoms with E-state index in [2.05, 4.69) is 96.5 Å². The Morgan fingerprint density at radius 1 is 0.594 bits per heavy atom. The molecule has 1 aliphatic heterocycles. The Balaban J connectivity index is 1.32. The third-order valence-electron chi connectivity index (χ3n) is 6.99. The molecule has 0 radical (unpaired) electrons. The van der Waals surface area contributed by atoms with Crippen molar-refractivity contribution in [3.63, 3.8) is 0 Å². The first-order chi connectivity index (χ1) is 15.8. The van der Waals surface area contributed by atoms with E-state index in [9.17, 15) is 0 Å². The lowest BCUT2D eigenvalue weighted by atomic mass is 9.93. The van der Waals surface area contributed by atoms with Gasteiger partial charge < -0.3 is 4.57 Å². The maximum Gasteiger partial charge on any atom is 0.0784 e.